The van der Waals surface area contributed by atoms with E-state index in [-0.39, 0.29) is 0 Å². The number of anilines is 3. The van der Waals surface area contributed by atoms with Crippen molar-refractivity contribution in [3.05, 3.63) is 164 Å². The van der Waals surface area contributed by atoms with Crippen LogP contribution in [0.5, 0.6) is 0 Å². The van der Waals surface area contributed by atoms with Gasteiger partial charge in [-0.3, -0.25) is 0 Å². The van der Waals surface area contributed by atoms with Gasteiger partial charge in [-0.05, 0) is 59.5 Å². The van der Waals surface area contributed by atoms with Gasteiger partial charge in [0.05, 0.1) is 22.4 Å². The largest absolute Gasteiger partial charge is 0.455 e. The highest BCUT2D eigenvalue weighted by Gasteiger charge is 2.26. The Balaban J connectivity index is 1.27. The van der Waals surface area contributed by atoms with Crippen molar-refractivity contribution < 1.29 is 8.83 Å². The molecule has 0 saturated heterocycles. The molecule has 11 rings (SSSR count). The van der Waals surface area contributed by atoms with Crippen molar-refractivity contribution in [2.24, 2.45) is 0 Å². The average Bonchev–Trinajstić information content (AvgIpc) is 3.87. The molecule has 0 radical (unpaired) electrons. The fourth-order valence-electron chi connectivity index (χ4n) is 7.91. The Kier molecular flexibility index (Phi) is 5.83. The third-order valence-electron chi connectivity index (χ3n) is 10.1. The van der Waals surface area contributed by atoms with Crippen LogP contribution in [0.4, 0.5) is 17.1 Å². The number of benzene rings is 8. The van der Waals surface area contributed by atoms with Gasteiger partial charge in [-0.2, -0.15) is 0 Å². The smallest absolute Gasteiger partial charge is 0.159 e. The van der Waals surface area contributed by atoms with Gasteiger partial charge in [-0.1, -0.05) is 115 Å². The van der Waals surface area contributed by atoms with Crippen LogP contribution in [-0.2, 0) is 0 Å². The summed E-state index contributed by atoms with van der Waals surface area (Å²) < 4.78 is 16.0. The molecular formula is C46H27NO2S. The Morgan fingerprint density at radius 1 is 0.360 bits per heavy atom. The molecule has 3 nitrogen and oxygen atoms in total. The molecule has 3 heterocycles. The lowest BCUT2D eigenvalue weighted by Crippen LogP contribution is -2.12. The van der Waals surface area contributed by atoms with E-state index in [1.807, 2.05) is 17.4 Å². The van der Waals surface area contributed by atoms with Crippen LogP contribution in [0, 0.1) is 0 Å². The molecule has 50 heavy (non-hydrogen) atoms. The third kappa shape index (κ3) is 3.91. The maximum Gasteiger partial charge on any atom is 0.159 e. The Labute approximate surface area is 290 Å². The van der Waals surface area contributed by atoms with Crippen LogP contribution in [0.15, 0.2) is 173 Å². The van der Waals surface area contributed by atoms with Crippen molar-refractivity contribution in [3.8, 4) is 11.1 Å². The predicted octanol–water partition coefficient (Wildman–Crippen LogP) is 14.1. The Hall–Kier alpha value is -6.36. The fraction of sp³-hybridized carbons (Fsp3) is 0. The first-order valence-electron chi connectivity index (χ1n) is 16.8. The molecule has 3 aromatic heterocycles. The molecule has 0 fully saturated rings. The molecule has 0 saturated carbocycles. The van der Waals surface area contributed by atoms with Crippen molar-refractivity contribution in [1.82, 2.24) is 0 Å². The average molecular weight is 658 g/mol. The molecule has 234 valence electrons. The summed E-state index contributed by atoms with van der Waals surface area (Å²) in [5.41, 5.74) is 8.86. The third-order valence-corrected chi connectivity index (χ3v) is 11.2. The first-order chi connectivity index (χ1) is 24.8. The predicted molar refractivity (Wildman–Crippen MR) is 212 cm³/mol. The van der Waals surface area contributed by atoms with Gasteiger partial charge in [-0.25, -0.2) is 0 Å². The first kappa shape index (κ1) is 27.6. The highest BCUT2D eigenvalue weighted by atomic mass is 32.1. The lowest BCUT2D eigenvalue weighted by molar-refractivity contribution is 0.669. The van der Waals surface area contributed by atoms with Crippen LogP contribution in [-0.4, -0.2) is 0 Å². The van der Waals surface area contributed by atoms with Crippen molar-refractivity contribution in [2.75, 3.05) is 4.90 Å². The van der Waals surface area contributed by atoms with E-state index in [4.69, 9.17) is 8.83 Å². The van der Waals surface area contributed by atoms with E-state index in [0.29, 0.717) is 0 Å². The molecule has 4 heteroatoms. The van der Waals surface area contributed by atoms with Crippen molar-refractivity contribution >= 4 is 103 Å². The maximum atomic E-state index is 6.74. The van der Waals surface area contributed by atoms with Crippen LogP contribution in [0.2, 0.25) is 0 Å². The first-order valence-corrected chi connectivity index (χ1v) is 17.7. The summed E-state index contributed by atoms with van der Waals surface area (Å²) in [5.74, 6) is 0. The maximum absolute atomic E-state index is 6.74. The highest BCUT2D eigenvalue weighted by molar-refractivity contribution is 7.25. The molecule has 0 aliphatic carbocycles. The second kappa shape index (κ2) is 10.6. The molecule has 0 bridgehead atoms. The number of fused-ring (bicyclic) bond motifs is 11. The summed E-state index contributed by atoms with van der Waals surface area (Å²) >= 11 is 1.85. The van der Waals surface area contributed by atoms with Crippen LogP contribution < -0.4 is 4.90 Å². The summed E-state index contributed by atoms with van der Waals surface area (Å²) in [6, 6.07) is 58.2. The van der Waals surface area contributed by atoms with Crippen molar-refractivity contribution in [1.29, 1.82) is 0 Å². The summed E-state index contributed by atoms with van der Waals surface area (Å²) in [6.45, 7) is 0. The number of rotatable bonds is 4. The molecular weight excluding hydrogens is 631 g/mol. The van der Waals surface area contributed by atoms with E-state index in [0.717, 1.165) is 77.3 Å². The van der Waals surface area contributed by atoms with Crippen LogP contribution in [0.3, 0.4) is 0 Å². The molecule has 0 aliphatic rings. The minimum atomic E-state index is 0.845. The van der Waals surface area contributed by atoms with Gasteiger partial charge in [0.2, 0.25) is 0 Å². The molecule has 0 spiro atoms. The van der Waals surface area contributed by atoms with E-state index in [9.17, 15) is 0 Å². The van der Waals surface area contributed by atoms with Gasteiger partial charge in [0.1, 0.15) is 16.7 Å². The summed E-state index contributed by atoms with van der Waals surface area (Å²) in [7, 11) is 0. The Bertz CT molecular complexity index is 3130. The zero-order valence-electron chi connectivity index (χ0n) is 26.8. The lowest BCUT2D eigenvalue weighted by atomic mass is 9.96. The molecule has 0 aliphatic heterocycles. The van der Waals surface area contributed by atoms with Gasteiger partial charge < -0.3 is 13.7 Å². The fourth-order valence-corrected chi connectivity index (χ4v) is 9.05. The monoisotopic (exact) mass is 657 g/mol. The zero-order valence-corrected chi connectivity index (χ0v) is 27.6. The minimum Gasteiger partial charge on any atom is -0.455 e. The van der Waals surface area contributed by atoms with Gasteiger partial charge in [-0.15, -0.1) is 11.3 Å². The van der Waals surface area contributed by atoms with Gasteiger partial charge in [0.25, 0.3) is 0 Å². The number of nitrogens with zero attached hydrogens (tertiary/aromatic N) is 1. The molecule has 0 unspecified atom stereocenters. The zero-order chi connectivity index (χ0) is 32.8. The second-order valence-corrected chi connectivity index (χ2v) is 13.9. The Morgan fingerprint density at radius 2 is 1.00 bits per heavy atom. The van der Waals surface area contributed by atoms with E-state index in [1.54, 1.807) is 0 Å². The lowest BCUT2D eigenvalue weighted by Gasteiger charge is -2.28. The number of thiophene rings is 1. The van der Waals surface area contributed by atoms with Gasteiger partial charge in [0, 0.05) is 47.3 Å². The highest BCUT2D eigenvalue weighted by Crippen LogP contribution is 2.50. The molecule has 0 amide bonds. The van der Waals surface area contributed by atoms with Crippen LogP contribution in [0.25, 0.3) is 85.9 Å². The van der Waals surface area contributed by atoms with E-state index < -0.39 is 0 Å². The number of furan rings is 2. The summed E-state index contributed by atoms with van der Waals surface area (Å²) in [5, 5.41) is 9.15. The molecule has 11 aromatic rings. The standard InChI is InChI=1S/C46H27NO2S/c1-2-13-29-28(12-1)26-27-35-44-37(20-11-23-40(44)49-45(29)35)47(38-21-9-18-33-31-15-4-7-22-39(31)48-46(33)38)36-19-6-3-14-30(36)32-17-10-25-42-43(32)34-16-5-8-24-41(34)50-42/h1-27H. The van der Waals surface area contributed by atoms with Crippen molar-refractivity contribution in [2.45, 2.75) is 0 Å². The number of hydrogen-bond donors (Lipinski definition) is 0. The minimum absolute atomic E-state index is 0.845. The topological polar surface area (TPSA) is 29.5 Å². The Morgan fingerprint density at radius 3 is 1.96 bits per heavy atom. The number of para-hydroxylation sites is 3. The molecule has 8 aromatic carbocycles. The molecule has 0 N–H and O–H groups in total. The van der Waals surface area contributed by atoms with Crippen molar-refractivity contribution in [3.63, 3.8) is 0 Å². The van der Waals surface area contributed by atoms with E-state index >= 15 is 0 Å². The van der Waals surface area contributed by atoms with Gasteiger partial charge in [0.15, 0.2) is 5.58 Å². The molecule has 0 atom stereocenters. The quantitative estimate of drug-likeness (QED) is 0.189. The van der Waals surface area contributed by atoms with E-state index in [2.05, 4.69) is 163 Å². The number of hydrogen-bond acceptors (Lipinski definition) is 4. The van der Waals surface area contributed by atoms with Gasteiger partial charge >= 0.3 is 0 Å². The van der Waals surface area contributed by atoms with E-state index in [1.165, 1.54) is 25.7 Å². The van der Waals surface area contributed by atoms with Crippen LogP contribution >= 0.6 is 11.3 Å². The summed E-state index contributed by atoms with van der Waals surface area (Å²) in [6.07, 6.45) is 0. The van der Waals surface area contributed by atoms with Crippen LogP contribution in [0.1, 0.15) is 0 Å². The summed E-state index contributed by atoms with van der Waals surface area (Å²) in [4.78, 5) is 2.39. The second-order valence-electron chi connectivity index (χ2n) is 12.8. The normalized spacial score (nSPS) is 12.0. The SMILES string of the molecule is c1ccc(N(c2cccc3c2oc2ccccc23)c2cccc3oc4c5ccccc5ccc4c23)c(-c2cccc3sc4ccccc4c23)c1.